The van der Waals surface area contributed by atoms with Crippen LogP contribution in [0.15, 0.2) is 36.4 Å². The van der Waals surface area contributed by atoms with Gasteiger partial charge in [0.05, 0.1) is 16.3 Å². The molecule has 1 fully saturated rings. The predicted octanol–water partition coefficient (Wildman–Crippen LogP) is 3.99. The van der Waals surface area contributed by atoms with E-state index in [4.69, 9.17) is 11.6 Å². The summed E-state index contributed by atoms with van der Waals surface area (Å²) in [4.78, 5) is 18.9. The Labute approximate surface area is 196 Å². The van der Waals surface area contributed by atoms with Crippen molar-refractivity contribution in [1.82, 2.24) is 9.80 Å². The van der Waals surface area contributed by atoms with Crippen LogP contribution in [0.5, 0.6) is 0 Å². The number of hydrogen-bond acceptors (Lipinski definition) is 4. The highest BCUT2D eigenvalue weighted by Gasteiger charge is 2.29. The molecule has 1 aliphatic heterocycles. The smallest absolute Gasteiger partial charge is 0.255 e. The number of anilines is 2. The maximum atomic E-state index is 14.3. The van der Waals surface area contributed by atoms with Crippen molar-refractivity contribution in [3.8, 4) is 0 Å². The Morgan fingerprint density at radius 1 is 1.25 bits per heavy atom. The van der Waals surface area contributed by atoms with Crippen LogP contribution >= 0.6 is 11.6 Å². The van der Waals surface area contributed by atoms with Gasteiger partial charge in [-0.2, -0.15) is 0 Å². The van der Waals surface area contributed by atoms with Crippen LogP contribution < -0.4 is 9.62 Å². The fraction of sp³-hybridized carbons (Fsp3) is 0.435. The first-order chi connectivity index (χ1) is 15.2. The standard InChI is InChI=1S/C23H30ClFN4O2S/c1-5-32(31)26-18-7-8-19(20(24)13-18)23(30)29-11-10-28(14-16(29)2)15-17-6-9-22(27(3)4)21(25)12-17/h6-9,12-13,16,26H,5,10-11,14-15H2,1-4H3/t16-,32?/m0/s1. The van der Waals surface area contributed by atoms with Gasteiger partial charge < -0.3 is 14.5 Å². The van der Waals surface area contributed by atoms with Gasteiger partial charge in [-0.1, -0.05) is 24.6 Å². The van der Waals surface area contributed by atoms with Gasteiger partial charge >= 0.3 is 0 Å². The largest absolute Gasteiger partial charge is 0.375 e. The summed E-state index contributed by atoms with van der Waals surface area (Å²) < 4.78 is 28.8. The average molecular weight is 481 g/mol. The molecule has 2 atom stereocenters. The van der Waals surface area contributed by atoms with Crippen molar-refractivity contribution in [2.24, 2.45) is 0 Å². The van der Waals surface area contributed by atoms with Crippen molar-refractivity contribution < 1.29 is 13.4 Å². The lowest BCUT2D eigenvalue weighted by atomic mass is 10.1. The zero-order chi connectivity index (χ0) is 23.4. The number of rotatable bonds is 7. The van der Waals surface area contributed by atoms with E-state index >= 15 is 0 Å². The first-order valence-corrected chi connectivity index (χ1v) is 12.3. The topological polar surface area (TPSA) is 55.9 Å². The minimum Gasteiger partial charge on any atom is -0.375 e. The molecule has 0 saturated carbocycles. The van der Waals surface area contributed by atoms with Crippen molar-refractivity contribution in [3.05, 3.63) is 58.4 Å². The first kappa shape index (κ1) is 24.5. The molecule has 0 radical (unpaired) electrons. The van der Waals surface area contributed by atoms with Gasteiger partial charge in [0.2, 0.25) is 0 Å². The molecular weight excluding hydrogens is 451 g/mol. The van der Waals surface area contributed by atoms with Crippen LogP contribution in [0.25, 0.3) is 0 Å². The van der Waals surface area contributed by atoms with Gasteiger partial charge in [0.1, 0.15) is 16.8 Å². The van der Waals surface area contributed by atoms with E-state index in [1.165, 1.54) is 0 Å². The highest BCUT2D eigenvalue weighted by atomic mass is 35.5. The van der Waals surface area contributed by atoms with Gasteiger partial charge in [0, 0.05) is 57.8 Å². The first-order valence-electron chi connectivity index (χ1n) is 10.6. The third-order valence-electron chi connectivity index (χ3n) is 5.57. The van der Waals surface area contributed by atoms with Crippen LogP contribution in [0.1, 0.15) is 29.8 Å². The number of hydrogen-bond donors (Lipinski definition) is 1. The molecule has 1 heterocycles. The number of carbonyl (C=O) groups is 1. The van der Waals surface area contributed by atoms with E-state index in [0.29, 0.717) is 53.9 Å². The molecule has 9 heteroatoms. The molecule has 1 aliphatic rings. The lowest BCUT2D eigenvalue weighted by Gasteiger charge is -2.40. The van der Waals surface area contributed by atoms with Crippen LogP contribution in [0.3, 0.4) is 0 Å². The molecule has 1 saturated heterocycles. The summed E-state index contributed by atoms with van der Waals surface area (Å²) in [7, 11) is 2.46. The van der Waals surface area contributed by atoms with Crippen LogP contribution in [-0.2, 0) is 17.5 Å². The summed E-state index contributed by atoms with van der Waals surface area (Å²) in [5.41, 5.74) is 2.53. The number of nitrogens with one attached hydrogen (secondary N) is 1. The van der Waals surface area contributed by atoms with E-state index in [-0.39, 0.29) is 17.8 Å². The normalized spacial score (nSPS) is 17.8. The third-order valence-corrected chi connectivity index (χ3v) is 6.87. The molecule has 6 nitrogen and oxygen atoms in total. The van der Waals surface area contributed by atoms with E-state index in [1.54, 1.807) is 35.2 Å². The van der Waals surface area contributed by atoms with Crippen LogP contribution in [0.2, 0.25) is 5.02 Å². The van der Waals surface area contributed by atoms with Crippen LogP contribution in [0, 0.1) is 5.82 Å². The monoisotopic (exact) mass is 480 g/mol. The zero-order valence-electron chi connectivity index (χ0n) is 18.9. The van der Waals surface area contributed by atoms with Gasteiger partial charge in [-0.25, -0.2) is 8.60 Å². The number of amides is 1. The summed E-state index contributed by atoms with van der Waals surface area (Å²) in [6, 6.07) is 10.3. The molecule has 1 amide bonds. The Hall–Kier alpha value is -2.16. The van der Waals surface area contributed by atoms with Gasteiger partial charge in [0.15, 0.2) is 0 Å². The summed E-state index contributed by atoms with van der Waals surface area (Å²) in [6.07, 6.45) is 0. The van der Waals surface area contributed by atoms with Crippen molar-refractivity contribution >= 4 is 39.9 Å². The molecule has 32 heavy (non-hydrogen) atoms. The van der Waals surface area contributed by atoms with E-state index in [1.807, 2.05) is 38.9 Å². The van der Waals surface area contributed by atoms with Crippen molar-refractivity contribution in [2.45, 2.75) is 26.4 Å². The molecule has 0 aliphatic carbocycles. The number of piperazine rings is 1. The molecular formula is C23H30ClFN4O2S. The Morgan fingerprint density at radius 3 is 2.59 bits per heavy atom. The molecule has 0 bridgehead atoms. The van der Waals surface area contributed by atoms with Gasteiger partial charge in [-0.15, -0.1) is 0 Å². The Kier molecular flexibility index (Phi) is 8.14. The van der Waals surface area contributed by atoms with Crippen molar-refractivity contribution in [1.29, 1.82) is 0 Å². The number of halogens is 2. The molecule has 0 spiro atoms. The molecule has 0 aromatic heterocycles. The van der Waals surface area contributed by atoms with E-state index in [9.17, 15) is 13.4 Å². The average Bonchev–Trinajstić information content (AvgIpc) is 2.73. The lowest BCUT2D eigenvalue weighted by molar-refractivity contribution is 0.0475. The van der Waals surface area contributed by atoms with E-state index in [0.717, 1.165) is 5.56 Å². The quantitative estimate of drug-likeness (QED) is 0.651. The second kappa shape index (κ2) is 10.6. The summed E-state index contributed by atoms with van der Waals surface area (Å²) in [5.74, 6) is 0.128. The maximum Gasteiger partial charge on any atom is 0.255 e. The van der Waals surface area contributed by atoms with E-state index < -0.39 is 11.0 Å². The fourth-order valence-corrected chi connectivity index (χ4v) is 4.65. The van der Waals surface area contributed by atoms with E-state index in [2.05, 4.69) is 9.62 Å². The Balaban J connectivity index is 1.63. The molecule has 2 aromatic carbocycles. The second-order valence-corrected chi connectivity index (χ2v) is 10.1. The molecule has 2 aromatic rings. The Bertz CT molecular complexity index is 1000. The SMILES string of the molecule is CCS(=O)Nc1ccc(C(=O)N2CCN(Cc3ccc(N(C)C)c(F)c3)C[C@@H]2C)c(Cl)c1. The Morgan fingerprint density at radius 2 is 2.00 bits per heavy atom. The van der Waals surface area contributed by atoms with Gasteiger partial charge in [-0.3, -0.25) is 9.69 Å². The summed E-state index contributed by atoms with van der Waals surface area (Å²) >= 11 is 6.37. The van der Waals surface area contributed by atoms with Gasteiger partial charge in [0.25, 0.3) is 5.91 Å². The number of carbonyl (C=O) groups excluding carboxylic acids is 1. The van der Waals surface area contributed by atoms with Crippen LogP contribution in [0.4, 0.5) is 15.8 Å². The third kappa shape index (κ3) is 5.79. The molecule has 3 rings (SSSR count). The highest BCUT2D eigenvalue weighted by molar-refractivity contribution is 7.86. The van der Waals surface area contributed by atoms with Crippen molar-refractivity contribution in [2.75, 3.05) is 49.1 Å². The molecule has 1 N–H and O–H groups in total. The minimum atomic E-state index is -1.18. The summed E-state index contributed by atoms with van der Waals surface area (Å²) in [5, 5.41) is 0.333. The van der Waals surface area contributed by atoms with Gasteiger partial charge in [-0.05, 0) is 42.8 Å². The summed E-state index contributed by atoms with van der Waals surface area (Å²) in [6.45, 7) is 6.41. The lowest BCUT2D eigenvalue weighted by Crippen LogP contribution is -2.53. The second-order valence-electron chi connectivity index (χ2n) is 8.19. The highest BCUT2D eigenvalue weighted by Crippen LogP contribution is 2.25. The van der Waals surface area contributed by atoms with Crippen molar-refractivity contribution in [3.63, 3.8) is 0 Å². The fourth-order valence-electron chi connectivity index (χ4n) is 3.86. The number of nitrogens with zero attached hydrogens (tertiary/aromatic N) is 3. The minimum absolute atomic E-state index is 0.0105. The maximum absolute atomic E-state index is 14.3. The number of benzene rings is 2. The predicted molar refractivity (Wildman–Crippen MR) is 130 cm³/mol. The van der Waals surface area contributed by atoms with Crippen LogP contribution in [-0.4, -0.2) is 65.4 Å². The molecule has 174 valence electrons. The zero-order valence-corrected chi connectivity index (χ0v) is 20.5. The molecule has 1 unspecified atom stereocenters.